The van der Waals surface area contributed by atoms with Gasteiger partial charge in [-0.15, -0.1) is 0 Å². The molecule has 1 heterocycles. The van der Waals surface area contributed by atoms with Crippen LogP contribution in [0.15, 0.2) is 22.8 Å². The average Bonchev–Trinajstić information content (AvgIpc) is 2.68. The van der Waals surface area contributed by atoms with E-state index in [0.717, 1.165) is 25.4 Å². The van der Waals surface area contributed by atoms with E-state index >= 15 is 0 Å². The standard InChI is InChI=1S/C12H20N2O/c1-2-14(9-11-5-3-8-15-11)12(10-13)6-4-7-12/h3,5,8H,2,4,6-7,9-10,13H2,1H3. The number of nitrogens with two attached hydrogens (primary N) is 1. The molecule has 2 N–H and O–H groups in total. The lowest BCUT2D eigenvalue weighted by molar-refractivity contribution is 0.0161. The van der Waals surface area contributed by atoms with Crippen LogP contribution in [0, 0.1) is 0 Å². The van der Waals surface area contributed by atoms with Crippen molar-refractivity contribution in [2.24, 2.45) is 5.73 Å². The molecule has 0 atom stereocenters. The highest BCUT2D eigenvalue weighted by Gasteiger charge is 2.40. The zero-order valence-electron chi connectivity index (χ0n) is 9.41. The van der Waals surface area contributed by atoms with E-state index < -0.39 is 0 Å². The van der Waals surface area contributed by atoms with Gasteiger partial charge in [-0.3, -0.25) is 4.90 Å². The summed E-state index contributed by atoms with van der Waals surface area (Å²) in [4.78, 5) is 2.45. The molecule has 0 bridgehead atoms. The quantitative estimate of drug-likeness (QED) is 0.804. The predicted molar refractivity (Wildman–Crippen MR) is 60.4 cm³/mol. The van der Waals surface area contributed by atoms with Crippen LogP contribution in [0.3, 0.4) is 0 Å². The van der Waals surface area contributed by atoms with Crippen LogP contribution in [0.2, 0.25) is 0 Å². The van der Waals surface area contributed by atoms with Gasteiger partial charge in [-0.25, -0.2) is 0 Å². The van der Waals surface area contributed by atoms with Crippen molar-refractivity contribution >= 4 is 0 Å². The Morgan fingerprint density at radius 1 is 1.53 bits per heavy atom. The fourth-order valence-electron chi connectivity index (χ4n) is 2.44. The van der Waals surface area contributed by atoms with E-state index in [4.69, 9.17) is 10.2 Å². The Morgan fingerprint density at radius 2 is 2.33 bits per heavy atom. The Morgan fingerprint density at radius 3 is 2.73 bits per heavy atom. The highest BCUT2D eigenvalue weighted by Crippen LogP contribution is 2.37. The first-order valence-corrected chi connectivity index (χ1v) is 5.78. The third-order valence-corrected chi connectivity index (χ3v) is 3.64. The number of furan rings is 1. The minimum atomic E-state index is 0.252. The molecule has 0 aromatic carbocycles. The van der Waals surface area contributed by atoms with Crippen LogP contribution >= 0.6 is 0 Å². The fraction of sp³-hybridized carbons (Fsp3) is 0.667. The van der Waals surface area contributed by atoms with Crippen LogP contribution in [-0.2, 0) is 6.54 Å². The van der Waals surface area contributed by atoms with Crippen molar-refractivity contribution in [1.82, 2.24) is 4.90 Å². The van der Waals surface area contributed by atoms with E-state index in [0.29, 0.717) is 0 Å². The summed E-state index contributed by atoms with van der Waals surface area (Å²) in [5.74, 6) is 1.04. The molecule has 84 valence electrons. The van der Waals surface area contributed by atoms with Gasteiger partial charge in [-0.05, 0) is 37.9 Å². The number of hydrogen-bond donors (Lipinski definition) is 1. The van der Waals surface area contributed by atoms with E-state index in [2.05, 4.69) is 11.8 Å². The number of rotatable bonds is 5. The smallest absolute Gasteiger partial charge is 0.117 e. The Labute approximate surface area is 91.2 Å². The molecule has 1 aromatic rings. The van der Waals surface area contributed by atoms with Crippen LogP contribution in [0.25, 0.3) is 0 Å². The van der Waals surface area contributed by atoms with E-state index in [1.807, 2.05) is 12.1 Å². The van der Waals surface area contributed by atoms with Crippen molar-refractivity contribution in [1.29, 1.82) is 0 Å². The summed E-state index contributed by atoms with van der Waals surface area (Å²) in [5, 5.41) is 0. The molecule has 1 saturated carbocycles. The maximum absolute atomic E-state index is 5.90. The van der Waals surface area contributed by atoms with Gasteiger partial charge in [-0.2, -0.15) is 0 Å². The zero-order chi connectivity index (χ0) is 10.7. The molecule has 0 saturated heterocycles. The number of likely N-dealkylation sites (N-methyl/N-ethyl adjacent to an activating group) is 1. The highest BCUT2D eigenvalue weighted by molar-refractivity contribution is 5.03. The molecule has 15 heavy (non-hydrogen) atoms. The highest BCUT2D eigenvalue weighted by atomic mass is 16.3. The van der Waals surface area contributed by atoms with Gasteiger partial charge in [-0.1, -0.05) is 6.92 Å². The summed E-state index contributed by atoms with van der Waals surface area (Å²) in [7, 11) is 0. The number of hydrogen-bond acceptors (Lipinski definition) is 3. The maximum Gasteiger partial charge on any atom is 0.117 e. The summed E-state index contributed by atoms with van der Waals surface area (Å²) in [6.07, 6.45) is 5.51. The third kappa shape index (κ3) is 1.94. The molecule has 0 radical (unpaired) electrons. The molecule has 1 aliphatic rings. The van der Waals surface area contributed by atoms with Crippen molar-refractivity contribution < 1.29 is 4.42 Å². The summed E-state index contributed by atoms with van der Waals surface area (Å²) < 4.78 is 5.39. The summed E-state index contributed by atoms with van der Waals surface area (Å²) in [6, 6.07) is 3.98. The Bertz CT molecular complexity index is 285. The van der Waals surface area contributed by atoms with Gasteiger partial charge in [0, 0.05) is 12.1 Å². The lowest BCUT2D eigenvalue weighted by Crippen LogP contribution is -2.57. The molecule has 0 unspecified atom stereocenters. The molecular weight excluding hydrogens is 188 g/mol. The average molecular weight is 208 g/mol. The molecule has 3 heteroatoms. The second-order valence-electron chi connectivity index (χ2n) is 4.38. The Kier molecular flexibility index (Phi) is 3.12. The third-order valence-electron chi connectivity index (χ3n) is 3.64. The Balaban J connectivity index is 2.03. The second-order valence-corrected chi connectivity index (χ2v) is 4.38. The van der Waals surface area contributed by atoms with Gasteiger partial charge in [0.15, 0.2) is 0 Å². The predicted octanol–water partition coefficient (Wildman–Crippen LogP) is 1.98. The minimum absolute atomic E-state index is 0.252. The molecule has 2 rings (SSSR count). The first-order chi connectivity index (χ1) is 7.30. The van der Waals surface area contributed by atoms with Gasteiger partial charge in [0.05, 0.1) is 12.8 Å². The molecule has 1 fully saturated rings. The molecule has 0 spiro atoms. The van der Waals surface area contributed by atoms with E-state index in [9.17, 15) is 0 Å². The molecule has 3 nitrogen and oxygen atoms in total. The minimum Gasteiger partial charge on any atom is -0.468 e. The van der Waals surface area contributed by atoms with Crippen LogP contribution < -0.4 is 5.73 Å². The normalized spacial score (nSPS) is 19.1. The van der Waals surface area contributed by atoms with E-state index in [1.165, 1.54) is 19.3 Å². The Hall–Kier alpha value is -0.800. The molecule has 0 amide bonds. The molecular formula is C12H20N2O. The van der Waals surface area contributed by atoms with Crippen molar-refractivity contribution in [3.63, 3.8) is 0 Å². The lowest BCUT2D eigenvalue weighted by atomic mass is 9.75. The van der Waals surface area contributed by atoms with Crippen molar-refractivity contribution in [3.8, 4) is 0 Å². The maximum atomic E-state index is 5.90. The van der Waals surface area contributed by atoms with Crippen molar-refractivity contribution in [3.05, 3.63) is 24.2 Å². The largest absolute Gasteiger partial charge is 0.468 e. The van der Waals surface area contributed by atoms with Gasteiger partial charge in [0.25, 0.3) is 0 Å². The van der Waals surface area contributed by atoms with Crippen LogP contribution in [0.1, 0.15) is 31.9 Å². The van der Waals surface area contributed by atoms with Crippen molar-refractivity contribution in [2.75, 3.05) is 13.1 Å². The van der Waals surface area contributed by atoms with Gasteiger partial charge < -0.3 is 10.2 Å². The molecule has 0 aliphatic heterocycles. The van der Waals surface area contributed by atoms with E-state index in [1.54, 1.807) is 6.26 Å². The monoisotopic (exact) mass is 208 g/mol. The zero-order valence-corrected chi connectivity index (χ0v) is 9.41. The lowest BCUT2D eigenvalue weighted by Gasteiger charge is -2.49. The fourth-order valence-corrected chi connectivity index (χ4v) is 2.44. The second kappa shape index (κ2) is 4.37. The van der Waals surface area contributed by atoms with Crippen LogP contribution in [-0.4, -0.2) is 23.5 Å². The number of nitrogens with zero attached hydrogens (tertiary/aromatic N) is 1. The van der Waals surface area contributed by atoms with Crippen LogP contribution in [0.4, 0.5) is 0 Å². The van der Waals surface area contributed by atoms with Gasteiger partial charge >= 0.3 is 0 Å². The molecule has 1 aliphatic carbocycles. The van der Waals surface area contributed by atoms with Gasteiger partial charge in [0.2, 0.25) is 0 Å². The summed E-state index contributed by atoms with van der Waals surface area (Å²) in [5.41, 5.74) is 6.15. The SMILES string of the molecule is CCN(Cc1ccco1)C1(CN)CCC1. The van der Waals surface area contributed by atoms with Gasteiger partial charge in [0.1, 0.15) is 5.76 Å². The molecule has 1 aromatic heterocycles. The topological polar surface area (TPSA) is 42.4 Å². The van der Waals surface area contributed by atoms with Crippen molar-refractivity contribution in [2.45, 2.75) is 38.3 Å². The van der Waals surface area contributed by atoms with Crippen LogP contribution in [0.5, 0.6) is 0 Å². The first kappa shape index (κ1) is 10.7. The first-order valence-electron chi connectivity index (χ1n) is 5.78. The van der Waals surface area contributed by atoms with E-state index in [-0.39, 0.29) is 5.54 Å². The summed E-state index contributed by atoms with van der Waals surface area (Å²) in [6.45, 7) is 4.89. The summed E-state index contributed by atoms with van der Waals surface area (Å²) >= 11 is 0.